The van der Waals surface area contributed by atoms with Gasteiger partial charge in [0.15, 0.2) is 17.1 Å². The fourth-order valence-corrected chi connectivity index (χ4v) is 4.43. The lowest BCUT2D eigenvalue weighted by molar-refractivity contribution is 0.0950. The number of ether oxygens (including phenoxy) is 2. The molecule has 4 rings (SSSR count). The molecule has 9 nitrogen and oxygen atoms in total. The Hall–Kier alpha value is -3.92. The van der Waals surface area contributed by atoms with Crippen LogP contribution >= 0.6 is 0 Å². The van der Waals surface area contributed by atoms with Crippen molar-refractivity contribution in [3.63, 3.8) is 0 Å². The van der Waals surface area contributed by atoms with Crippen molar-refractivity contribution in [1.82, 2.24) is 20.5 Å². The molecule has 0 spiro atoms. The molecule has 1 amide bonds. The van der Waals surface area contributed by atoms with Crippen LogP contribution < -0.4 is 14.8 Å². The Balaban J connectivity index is 1.47. The average Bonchev–Trinajstić information content (AvgIpc) is 3.30. The first kappa shape index (κ1) is 21.3. The fourth-order valence-electron chi connectivity index (χ4n) is 3.15. The van der Waals surface area contributed by atoms with Gasteiger partial charge in [-0.2, -0.15) is 5.10 Å². The zero-order chi connectivity index (χ0) is 22.7. The second-order valence-corrected chi connectivity index (χ2v) is 8.83. The maximum atomic E-state index is 13.0. The summed E-state index contributed by atoms with van der Waals surface area (Å²) in [5, 5.41) is 10.2. The fraction of sp³-hybridized carbons (Fsp3) is 0.136. The first-order chi connectivity index (χ1) is 15.4. The van der Waals surface area contributed by atoms with Crippen LogP contribution in [0.15, 0.2) is 70.7 Å². The largest absolute Gasteiger partial charge is 0.493 e. The number of hydrogen-bond acceptors (Lipinski definition) is 7. The molecule has 10 heteroatoms. The molecule has 2 aromatic heterocycles. The lowest BCUT2D eigenvalue weighted by atomic mass is 10.2. The van der Waals surface area contributed by atoms with Crippen LogP contribution in [0, 0.1) is 0 Å². The molecule has 32 heavy (non-hydrogen) atoms. The number of nitrogens with one attached hydrogen (secondary N) is 2. The maximum absolute atomic E-state index is 13.0. The molecule has 0 aliphatic rings. The van der Waals surface area contributed by atoms with E-state index in [-0.39, 0.29) is 22.2 Å². The summed E-state index contributed by atoms with van der Waals surface area (Å²) in [6, 6.07) is 12.5. The number of fused-ring (bicyclic) bond motifs is 1. The zero-order valence-corrected chi connectivity index (χ0v) is 18.1. The van der Waals surface area contributed by atoms with Gasteiger partial charge in [0.2, 0.25) is 9.84 Å². The summed E-state index contributed by atoms with van der Waals surface area (Å²) in [4.78, 5) is 16.8. The molecule has 0 aliphatic carbocycles. The lowest BCUT2D eigenvalue weighted by Crippen LogP contribution is -2.22. The molecule has 0 fully saturated rings. The number of sulfone groups is 1. The summed E-state index contributed by atoms with van der Waals surface area (Å²) in [5.41, 5.74) is 1.77. The number of amides is 1. The van der Waals surface area contributed by atoms with Gasteiger partial charge in [-0.1, -0.05) is 12.1 Å². The number of carbonyl (C=O) groups is 1. The van der Waals surface area contributed by atoms with Crippen molar-refractivity contribution in [2.24, 2.45) is 0 Å². The summed E-state index contributed by atoms with van der Waals surface area (Å²) in [7, 11) is -0.816. The Kier molecular flexibility index (Phi) is 5.78. The van der Waals surface area contributed by atoms with Crippen LogP contribution in [0.2, 0.25) is 0 Å². The Morgan fingerprint density at radius 3 is 2.41 bits per heavy atom. The van der Waals surface area contributed by atoms with Crippen LogP contribution in [-0.4, -0.2) is 43.7 Å². The number of rotatable bonds is 7. The van der Waals surface area contributed by atoms with Gasteiger partial charge in [0.25, 0.3) is 5.91 Å². The van der Waals surface area contributed by atoms with Gasteiger partial charge in [-0.3, -0.25) is 9.89 Å². The van der Waals surface area contributed by atoms with E-state index in [0.29, 0.717) is 22.7 Å². The van der Waals surface area contributed by atoms with Crippen LogP contribution in [0.3, 0.4) is 0 Å². The van der Waals surface area contributed by atoms with Gasteiger partial charge in [0.1, 0.15) is 0 Å². The van der Waals surface area contributed by atoms with Crippen molar-refractivity contribution in [2.45, 2.75) is 16.3 Å². The van der Waals surface area contributed by atoms with Crippen LogP contribution in [0.5, 0.6) is 11.5 Å². The van der Waals surface area contributed by atoms with Crippen LogP contribution in [-0.2, 0) is 16.4 Å². The molecule has 0 saturated carbocycles. The standard InChI is InChI=1S/C22H20N4O5S/c1-30-19-8-7-18(10-20(19)31-2)32(28,29)17-5-3-14(4-6-17)11-24-22(27)16-9-15-13-25-26-21(15)23-12-16/h3-10,12-13H,11H2,1-2H3,(H,24,27)(H,23,25,26). The Bertz CT molecular complexity index is 1380. The summed E-state index contributed by atoms with van der Waals surface area (Å²) in [6.45, 7) is 0.235. The number of hydrogen-bond donors (Lipinski definition) is 2. The van der Waals surface area contributed by atoms with Crippen molar-refractivity contribution in [2.75, 3.05) is 14.2 Å². The van der Waals surface area contributed by atoms with Gasteiger partial charge >= 0.3 is 0 Å². The van der Waals surface area contributed by atoms with Gasteiger partial charge < -0.3 is 14.8 Å². The Labute approximate surface area is 184 Å². The van der Waals surface area contributed by atoms with E-state index in [4.69, 9.17) is 9.47 Å². The predicted molar refractivity (Wildman–Crippen MR) is 116 cm³/mol. The van der Waals surface area contributed by atoms with Crippen molar-refractivity contribution < 1.29 is 22.7 Å². The number of benzene rings is 2. The Morgan fingerprint density at radius 1 is 0.969 bits per heavy atom. The molecule has 0 saturated heterocycles. The number of H-pyrrole nitrogens is 1. The van der Waals surface area contributed by atoms with E-state index in [0.717, 1.165) is 10.9 Å². The monoisotopic (exact) mass is 452 g/mol. The predicted octanol–water partition coefficient (Wildman–Crippen LogP) is 2.74. The van der Waals surface area contributed by atoms with E-state index in [9.17, 15) is 13.2 Å². The molecule has 2 heterocycles. The quantitative estimate of drug-likeness (QED) is 0.442. The molecular weight excluding hydrogens is 432 g/mol. The second-order valence-electron chi connectivity index (χ2n) is 6.88. The molecule has 0 aliphatic heterocycles. The number of aromatic nitrogens is 3. The highest BCUT2D eigenvalue weighted by atomic mass is 32.2. The van der Waals surface area contributed by atoms with E-state index in [2.05, 4.69) is 20.5 Å². The van der Waals surface area contributed by atoms with Gasteiger partial charge in [0, 0.05) is 24.2 Å². The summed E-state index contributed by atoms with van der Waals surface area (Å²) in [6.07, 6.45) is 3.06. The number of pyridine rings is 1. The highest BCUT2D eigenvalue weighted by Gasteiger charge is 2.20. The van der Waals surface area contributed by atoms with Crippen LogP contribution in [0.4, 0.5) is 0 Å². The van der Waals surface area contributed by atoms with Crippen molar-refractivity contribution in [3.05, 3.63) is 72.1 Å². The second kappa shape index (κ2) is 8.67. The molecule has 0 bridgehead atoms. The molecule has 0 atom stereocenters. The van der Waals surface area contributed by atoms with E-state index in [1.165, 1.54) is 44.7 Å². The zero-order valence-electron chi connectivity index (χ0n) is 17.3. The van der Waals surface area contributed by atoms with Crippen molar-refractivity contribution in [1.29, 1.82) is 0 Å². The van der Waals surface area contributed by atoms with Crippen LogP contribution in [0.1, 0.15) is 15.9 Å². The maximum Gasteiger partial charge on any atom is 0.253 e. The molecule has 2 N–H and O–H groups in total. The third kappa shape index (κ3) is 4.12. The van der Waals surface area contributed by atoms with Crippen molar-refractivity contribution in [3.8, 4) is 11.5 Å². The SMILES string of the molecule is COc1ccc(S(=O)(=O)c2ccc(CNC(=O)c3cnc4[nH]ncc4c3)cc2)cc1OC. The summed E-state index contributed by atoms with van der Waals surface area (Å²) < 4.78 is 36.3. The average molecular weight is 452 g/mol. The van der Waals surface area contributed by atoms with E-state index < -0.39 is 9.84 Å². The van der Waals surface area contributed by atoms with E-state index >= 15 is 0 Å². The van der Waals surface area contributed by atoms with E-state index in [1.807, 2.05) is 0 Å². The minimum Gasteiger partial charge on any atom is -0.493 e. The van der Waals surface area contributed by atoms with E-state index in [1.54, 1.807) is 30.5 Å². The highest BCUT2D eigenvalue weighted by molar-refractivity contribution is 7.91. The lowest BCUT2D eigenvalue weighted by Gasteiger charge is -2.11. The summed E-state index contributed by atoms with van der Waals surface area (Å²) in [5.74, 6) is 0.485. The first-order valence-corrected chi connectivity index (χ1v) is 11.0. The normalized spacial score (nSPS) is 11.3. The Morgan fingerprint density at radius 2 is 1.69 bits per heavy atom. The molecule has 2 aromatic carbocycles. The van der Waals surface area contributed by atoms with Gasteiger partial charge in [-0.25, -0.2) is 13.4 Å². The number of carbonyl (C=O) groups excluding carboxylic acids is 1. The minimum absolute atomic E-state index is 0.0957. The third-order valence-corrected chi connectivity index (χ3v) is 6.67. The van der Waals surface area contributed by atoms with Gasteiger partial charge in [0.05, 0.1) is 35.8 Å². The summed E-state index contributed by atoms with van der Waals surface area (Å²) >= 11 is 0. The van der Waals surface area contributed by atoms with Crippen molar-refractivity contribution >= 4 is 26.8 Å². The molecule has 164 valence electrons. The molecule has 4 aromatic rings. The first-order valence-electron chi connectivity index (χ1n) is 9.56. The molecule has 0 radical (unpaired) electrons. The highest BCUT2D eigenvalue weighted by Crippen LogP contribution is 2.31. The number of nitrogens with zero attached hydrogens (tertiary/aromatic N) is 2. The van der Waals surface area contributed by atoms with Gasteiger partial charge in [-0.15, -0.1) is 0 Å². The third-order valence-electron chi connectivity index (χ3n) is 4.91. The molecule has 0 unspecified atom stereocenters. The topological polar surface area (TPSA) is 123 Å². The van der Waals surface area contributed by atoms with Gasteiger partial charge in [-0.05, 0) is 35.9 Å². The van der Waals surface area contributed by atoms with Crippen LogP contribution in [0.25, 0.3) is 11.0 Å². The smallest absolute Gasteiger partial charge is 0.253 e. The number of methoxy groups -OCH3 is 2. The minimum atomic E-state index is -3.74. The number of aromatic amines is 1. The molecular formula is C22H20N4O5S.